The number of unbranched alkanes of at least 4 members (excludes halogenated alkanes) is 3. The van der Waals surface area contributed by atoms with Gasteiger partial charge in [0.2, 0.25) is 0 Å². The monoisotopic (exact) mass is 608 g/mol. The van der Waals surface area contributed by atoms with E-state index in [9.17, 15) is 0 Å². The molecule has 7 heteroatoms. The Balaban J connectivity index is 2.25. The summed E-state index contributed by atoms with van der Waals surface area (Å²) in [6.45, 7) is 22.9. The Labute approximate surface area is 216 Å². The molecule has 0 unspecified atom stereocenters. The van der Waals surface area contributed by atoms with Gasteiger partial charge < -0.3 is 0 Å². The molecule has 2 rings (SSSR count). The topological polar surface area (TPSA) is 46.2 Å². The summed E-state index contributed by atoms with van der Waals surface area (Å²) in [5.74, 6) is -0.616. The van der Waals surface area contributed by atoms with Gasteiger partial charge in [-0.15, -0.1) is 0 Å². The molecule has 0 spiro atoms. The fourth-order valence-corrected chi connectivity index (χ4v) is 20.6. The molecule has 0 aromatic rings. The molecule has 2 heterocycles. The fourth-order valence-electron chi connectivity index (χ4n) is 5.00. The number of hydrogen-bond donors (Lipinski definition) is 0. The fraction of sp³-hybridized carbons (Fsp3) is 1.00. The molecule has 2 saturated heterocycles. The van der Waals surface area contributed by atoms with Crippen LogP contribution in [0.15, 0.2) is 0 Å². The zero-order chi connectivity index (χ0) is 25.6. The van der Waals surface area contributed by atoms with Gasteiger partial charge in [0.05, 0.1) is 0 Å². The first-order chi connectivity index (χ1) is 15.8. The molecule has 0 aliphatic carbocycles. The summed E-state index contributed by atoms with van der Waals surface area (Å²) in [7, 11) is -2.06. The first-order valence-corrected chi connectivity index (χ1v) is 25.0. The van der Waals surface area contributed by atoms with Gasteiger partial charge in [0.1, 0.15) is 0 Å². The Hall–Kier alpha value is 0.816. The Morgan fingerprint density at radius 2 is 1.44 bits per heavy atom. The minimum absolute atomic E-state index is 0.0989. The Bertz CT molecular complexity index is 585. The van der Waals surface area contributed by atoms with E-state index in [1.807, 2.05) is 13.8 Å². The summed E-state index contributed by atoms with van der Waals surface area (Å²) in [6.07, 6.45) is 7.01. The quantitative estimate of drug-likeness (QED) is 0.190. The van der Waals surface area contributed by atoms with Gasteiger partial charge in [0.15, 0.2) is 0 Å². The molecule has 2 fully saturated rings. The second-order valence-electron chi connectivity index (χ2n) is 12.8. The van der Waals surface area contributed by atoms with E-state index in [1.54, 1.807) is 0 Å². The van der Waals surface area contributed by atoms with E-state index in [1.165, 1.54) is 51.8 Å². The van der Waals surface area contributed by atoms with Gasteiger partial charge in [-0.25, -0.2) is 0 Å². The Morgan fingerprint density at radius 1 is 0.912 bits per heavy atom. The van der Waals surface area contributed by atoms with Crippen molar-refractivity contribution in [1.29, 1.82) is 0 Å². The number of rotatable bonds is 14. The summed E-state index contributed by atoms with van der Waals surface area (Å²) < 4.78 is 38.0. The van der Waals surface area contributed by atoms with Crippen molar-refractivity contribution in [2.45, 2.75) is 156 Å². The predicted molar refractivity (Wildman–Crippen MR) is 146 cm³/mol. The molecule has 0 N–H and O–H groups in total. The Morgan fingerprint density at radius 3 is 1.91 bits per heavy atom. The normalized spacial score (nSPS) is 27.7. The third kappa shape index (κ3) is 8.42. The van der Waals surface area contributed by atoms with Gasteiger partial charge in [-0.3, -0.25) is 0 Å². The average Bonchev–Trinajstić information content (AvgIpc) is 3.07. The minimum atomic E-state index is -2.45. The maximum atomic E-state index is 6.98. The molecular weight excluding hydrogens is 551 g/mol. The van der Waals surface area contributed by atoms with Crippen molar-refractivity contribution in [2.24, 2.45) is 0 Å². The number of fused-ring (bicyclic) bond motifs is 1. The Kier molecular flexibility index (Phi) is 11.9. The van der Waals surface area contributed by atoms with E-state index in [0.29, 0.717) is 6.61 Å². The van der Waals surface area contributed by atoms with E-state index in [2.05, 4.69) is 54.6 Å². The number of hydrogen-bond acceptors (Lipinski definition) is 5. The van der Waals surface area contributed by atoms with Crippen molar-refractivity contribution in [2.75, 3.05) is 11.2 Å². The average molecular weight is 608 g/mol. The van der Waals surface area contributed by atoms with Crippen LogP contribution in [0.2, 0.25) is 31.4 Å². The van der Waals surface area contributed by atoms with Crippen molar-refractivity contribution < 1.29 is 23.4 Å². The number of ether oxygens (including phenoxy) is 4. The van der Waals surface area contributed by atoms with E-state index >= 15 is 0 Å². The molecule has 0 saturated carbocycles. The van der Waals surface area contributed by atoms with Gasteiger partial charge in [0, 0.05) is 0 Å². The van der Waals surface area contributed by atoms with Crippen molar-refractivity contribution >= 4 is 26.7 Å². The zero-order valence-electron chi connectivity index (χ0n) is 24.1. The van der Waals surface area contributed by atoms with Crippen LogP contribution in [-0.4, -0.2) is 68.3 Å². The molecule has 5 nitrogen and oxygen atoms in total. The predicted octanol–water partition coefficient (Wildman–Crippen LogP) is 7.66. The summed E-state index contributed by atoms with van der Waals surface area (Å²) in [5, 5.41) is 0.103. The molecule has 0 radical (unpaired) electrons. The maximum absolute atomic E-state index is 6.98. The standard InChI is InChI=1S/C15H29O5Si.3C4H9.Sn/c1-14(2,3)21(7,8)20-12-11-10(9-17-13(12)16-6)18-15(4,5)19-11;3*1-3-4-2;/h10-13H,6,9H2,1-5,7-8H3;3*1,3-4H2,2H3;/t10-,11-,12+,13-;;;;/m1..../s1. The third-order valence-electron chi connectivity index (χ3n) is 8.21. The van der Waals surface area contributed by atoms with E-state index < -0.39 is 32.5 Å². The molecule has 2 aliphatic heterocycles. The SMILES string of the molecule is CCC[CH2][Sn]([CH2]CCC)([CH2]CCC)[CH2]O[C@@H]1OC[C@H]2OC(C)(C)O[C@H]2[C@@H]1O[Si](C)(C)C(C)(C)C. The summed E-state index contributed by atoms with van der Waals surface area (Å²) >= 11 is -2.45. The van der Waals surface area contributed by atoms with Crippen LogP contribution < -0.4 is 0 Å². The molecular formula is C27H56O5SiSn. The second kappa shape index (κ2) is 13.1. The molecule has 34 heavy (non-hydrogen) atoms. The van der Waals surface area contributed by atoms with Gasteiger partial charge >= 0.3 is 217 Å². The zero-order valence-corrected chi connectivity index (χ0v) is 28.0. The summed E-state index contributed by atoms with van der Waals surface area (Å²) in [4.78, 5) is 0. The van der Waals surface area contributed by atoms with Gasteiger partial charge in [0.25, 0.3) is 0 Å². The van der Waals surface area contributed by atoms with Gasteiger partial charge in [-0.05, 0) is 0 Å². The molecule has 0 bridgehead atoms. The summed E-state index contributed by atoms with van der Waals surface area (Å²) in [6, 6.07) is 0. The molecule has 0 aromatic carbocycles. The van der Waals surface area contributed by atoms with Crippen LogP contribution in [0.5, 0.6) is 0 Å². The van der Waals surface area contributed by atoms with Crippen LogP contribution in [0, 0.1) is 0 Å². The van der Waals surface area contributed by atoms with Crippen LogP contribution in [0.3, 0.4) is 0 Å². The summed E-state index contributed by atoms with van der Waals surface area (Å²) in [5.41, 5.74) is 0. The van der Waals surface area contributed by atoms with Gasteiger partial charge in [-0.2, -0.15) is 0 Å². The second-order valence-corrected chi connectivity index (χ2v) is 31.2. The van der Waals surface area contributed by atoms with Crippen molar-refractivity contribution in [1.82, 2.24) is 0 Å². The first kappa shape index (κ1) is 31.0. The van der Waals surface area contributed by atoms with Crippen LogP contribution in [-0.2, 0) is 23.4 Å². The van der Waals surface area contributed by atoms with Crippen LogP contribution in [0.4, 0.5) is 0 Å². The third-order valence-corrected chi connectivity index (χ3v) is 27.0. The van der Waals surface area contributed by atoms with E-state index in [4.69, 9.17) is 23.4 Å². The van der Waals surface area contributed by atoms with E-state index in [-0.39, 0.29) is 29.6 Å². The van der Waals surface area contributed by atoms with Crippen LogP contribution in [0.1, 0.15) is 93.9 Å². The molecule has 202 valence electrons. The van der Waals surface area contributed by atoms with Crippen molar-refractivity contribution in [3.05, 3.63) is 0 Å². The van der Waals surface area contributed by atoms with Crippen LogP contribution in [0.25, 0.3) is 0 Å². The molecule has 4 atom stereocenters. The van der Waals surface area contributed by atoms with E-state index in [0.717, 1.165) is 4.62 Å². The molecule has 0 amide bonds. The molecule has 2 aliphatic rings. The van der Waals surface area contributed by atoms with Crippen molar-refractivity contribution in [3.8, 4) is 0 Å². The molecule has 0 aromatic heterocycles. The van der Waals surface area contributed by atoms with Crippen LogP contribution >= 0.6 is 0 Å². The van der Waals surface area contributed by atoms with Gasteiger partial charge in [-0.1, -0.05) is 0 Å². The first-order valence-electron chi connectivity index (χ1n) is 14.1. The van der Waals surface area contributed by atoms with Crippen molar-refractivity contribution in [3.63, 3.8) is 0 Å².